The molecule has 5 heteroatoms. The second-order valence-corrected chi connectivity index (χ2v) is 7.66. The summed E-state index contributed by atoms with van der Waals surface area (Å²) < 4.78 is 0. The molecule has 2 amide bonds. The Hall–Kier alpha value is -1.65. The third kappa shape index (κ3) is 2.49. The van der Waals surface area contributed by atoms with Crippen molar-refractivity contribution in [3.63, 3.8) is 0 Å². The Morgan fingerprint density at radius 3 is 1.92 bits per heavy atom. The molecule has 130 valence electrons. The van der Waals surface area contributed by atoms with Crippen molar-refractivity contribution in [1.29, 1.82) is 0 Å². The van der Waals surface area contributed by atoms with Crippen LogP contribution in [0.1, 0.15) is 70.6 Å². The monoisotopic (exact) mass is 330 g/mol. The SMILES string of the molecule is O=C1C(=O)N(C2CCCCC2)/C1=C1\CCN(C2CCCCC2)C1=O. The predicted octanol–water partition coefficient (Wildman–Crippen LogP) is 2.55. The lowest BCUT2D eigenvalue weighted by Gasteiger charge is -2.41. The average Bonchev–Trinajstić information content (AvgIpc) is 3.01. The Morgan fingerprint density at radius 2 is 1.29 bits per heavy atom. The summed E-state index contributed by atoms with van der Waals surface area (Å²) in [6.07, 6.45) is 11.7. The lowest BCUT2D eigenvalue weighted by molar-refractivity contribution is -0.152. The molecule has 0 aromatic rings. The van der Waals surface area contributed by atoms with E-state index in [1.165, 1.54) is 25.7 Å². The lowest BCUT2D eigenvalue weighted by Crippen LogP contribution is -2.57. The molecule has 0 aromatic carbocycles. The highest BCUT2D eigenvalue weighted by Gasteiger charge is 2.49. The van der Waals surface area contributed by atoms with Crippen LogP contribution in [0.15, 0.2) is 11.3 Å². The standard InChI is InChI=1S/C19H26N2O3/c22-17-16(21(19(17)24)14-9-5-2-6-10-14)15-11-12-20(18(15)23)13-7-3-1-4-8-13/h13-14H,1-12H2/b16-15+. The second kappa shape index (κ2) is 6.34. The van der Waals surface area contributed by atoms with E-state index >= 15 is 0 Å². The third-order valence-electron chi connectivity index (χ3n) is 6.23. The number of likely N-dealkylation sites (tertiary alicyclic amines) is 2. The highest BCUT2D eigenvalue weighted by atomic mass is 16.2. The highest BCUT2D eigenvalue weighted by molar-refractivity contribution is 6.51. The summed E-state index contributed by atoms with van der Waals surface area (Å²) in [5.41, 5.74) is 1.05. The summed E-state index contributed by atoms with van der Waals surface area (Å²) in [5.74, 6) is -0.818. The third-order valence-corrected chi connectivity index (χ3v) is 6.23. The largest absolute Gasteiger partial charge is 0.336 e. The van der Waals surface area contributed by atoms with Crippen LogP contribution >= 0.6 is 0 Å². The van der Waals surface area contributed by atoms with E-state index in [0.717, 1.165) is 38.5 Å². The van der Waals surface area contributed by atoms with Crippen LogP contribution in [-0.4, -0.2) is 46.0 Å². The van der Waals surface area contributed by atoms with E-state index in [1.54, 1.807) is 4.90 Å². The summed E-state index contributed by atoms with van der Waals surface area (Å²) in [6.45, 7) is 0.711. The van der Waals surface area contributed by atoms with Gasteiger partial charge in [0.2, 0.25) is 0 Å². The summed E-state index contributed by atoms with van der Waals surface area (Å²) >= 11 is 0. The molecule has 2 saturated carbocycles. The molecule has 4 rings (SSSR count). The van der Waals surface area contributed by atoms with Gasteiger partial charge in [0.25, 0.3) is 11.7 Å². The number of carbonyl (C=O) groups is 3. The maximum absolute atomic E-state index is 12.9. The Morgan fingerprint density at radius 1 is 0.708 bits per heavy atom. The number of amides is 2. The minimum atomic E-state index is -0.436. The van der Waals surface area contributed by atoms with Gasteiger partial charge < -0.3 is 4.90 Å². The molecule has 2 saturated heterocycles. The minimum absolute atomic E-state index is 0.0126. The molecule has 0 spiro atoms. The van der Waals surface area contributed by atoms with Gasteiger partial charge in [0, 0.05) is 24.2 Å². The van der Waals surface area contributed by atoms with Crippen LogP contribution in [-0.2, 0) is 14.4 Å². The molecular formula is C19H26N2O3. The van der Waals surface area contributed by atoms with E-state index in [2.05, 4.69) is 0 Å². The van der Waals surface area contributed by atoms with Gasteiger partial charge in [-0.05, 0) is 32.1 Å². The van der Waals surface area contributed by atoms with E-state index < -0.39 is 11.7 Å². The van der Waals surface area contributed by atoms with Crippen molar-refractivity contribution in [1.82, 2.24) is 9.80 Å². The van der Waals surface area contributed by atoms with Crippen LogP contribution in [0.5, 0.6) is 0 Å². The zero-order valence-electron chi connectivity index (χ0n) is 14.3. The van der Waals surface area contributed by atoms with Crippen molar-refractivity contribution in [2.75, 3.05) is 6.54 Å². The lowest BCUT2D eigenvalue weighted by atomic mass is 9.88. The van der Waals surface area contributed by atoms with Crippen molar-refractivity contribution in [3.05, 3.63) is 11.3 Å². The quantitative estimate of drug-likeness (QED) is 0.444. The number of ketones is 1. The van der Waals surface area contributed by atoms with Crippen molar-refractivity contribution in [3.8, 4) is 0 Å². The van der Waals surface area contributed by atoms with Crippen molar-refractivity contribution < 1.29 is 14.4 Å². The van der Waals surface area contributed by atoms with Gasteiger partial charge in [-0.1, -0.05) is 38.5 Å². The summed E-state index contributed by atoms with van der Waals surface area (Å²) in [6, 6.07) is 0.460. The summed E-state index contributed by atoms with van der Waals surface area (Å²) in [5, 5.41) is 0. The molecule has 0 bridgehead atoms. The van der Waals surface area contributed by atoms with Gasteiger partial charge in [-0.25, -0.2) is 0 Å². The van der Waals surface area contributed by atoms with Gasteiger partial charge in [-0.3, -0.25) is 19.3 Å². The Bertz CT molecular complexity index is 598. The fourth-order valence-electron chi connectivity index (χ4n) is 4.91. The molecule has 0 radical (unpaired) electrons. The molecule has 4 aliphatic rings. The van der Waals surface area contributed by atoms with Gasteiger partial charge in [0.1, 0.15) is 5.70 Å². The number of nitrogens with zero attached hydrogens (tertiary/aromatic N) is 2. The van der Waals surface area contributed by atoms with Gasteiger partial charge in [-0.15, -0.1) is 0 Å². The molecule has 2 aliphatic heterocycles. The van der Waals surface area contributed by atoms with Crippen molar-refractivity contribution >= 4 is 17.6 Å². The maximum atomic E-state index is 12.9. The smallest absolute Gasteiger partial charge is 0.301 e. The Labute approximate surface area is 143 Å². The van der Waals surface area contributed by atoms with Crippen LogP contribution in [0.3, 0.4) is 0 Å². The van der Waals surface area contributed by atoms with E-state index in [0.29, 0.717) is 30.3 Å². The minimum Gasteiger partial charge on any atom is -0.336 e. The number of hydrogen-bond acceptors (Lipinski definition) is 3. The topological polar surface area (TPSA) is 57.7 Å². The first-order valence-electron chi connectivity index (χ1n) is 9.60. The molecule has 0 atom stereocenters. The number of hydrogen-bond donors (Lipinski definition) is 0. The van der Waals surface area contributed by atoms with Crippen molar-refractivity contribution in [2.45, 2.75) is 82.7 Å². The number of rotatable bonds is 2. The molecule has 24 heavy (non-hydrogen) atoms. The van der Waals surface area contributed by atoms with E-state index in [9.17, 15) is 14.4 Å². The number of carbonyl (C=O) groups excluding carboxylic acids is 3. The second-order valence-electron chi connectivity index (χ2n) is 7.66. The van der Waals surface area contributed by atoms with Crippen LogP contribution in [0.25, 0.3) is 0 Å². The fourth-order valence-corrected chi connectivity index (χ4v) is 4.91. The zero-order chi connectivity index (χ0) is 16.7. The maximum Gasteiger partial charge on any atom is 0.301 e. The van der Waals surface area contributed by atoms with Gasteiger partial charge in [0.05, 0.1) is 0 Å². The molecule has 0 aromatic heterocycles. The molecular weight excluding hydrogens is 304 g/mol. The summed E-state index contributed by atoms with van der Waals surface area (Å²) in [7, 11) is 0. The predicted molar refractivity (Wildman–Crippen MR) is 89.0 cm³/mol. The first-order valence-corrected chi connectivity index (χ1v) is 9.60. The highest BCUT2D eigenvalue weighted by Crippen LogP contribution is 2.37. The normalized spacial score (nSPS) is 30.2. The van der Waals surface area contributed by atoms with Gasteiger partial charge in [-0.2, -0.15) is 0 Å². The molecule has 0 unspecified atom stereocenters. The van der Waals surface area contributed by atoms with Crippen LogP contribution in [0, 0.1) is 0 Å². The van der Waals surface area contributed by atoms with E-state index in [4.69, 9.17) is 0 Å². The van der Waals surface area contributed by atoms with Crippen LogP contribution in [0.4, 0.5) is 0 Å². The summed E-state index contributed by atoms with van der Waals surface area (Å²) in [4.78, 5) is 40.9. The van der Waals surface area contributed by atoms with Crippen LogP contribution < -0.4 is 0 Å². The first kappa shape index (κ1) is 15.9. The van der Waals surface area contributed by atoms with E-state index in [1.807, 2.05) is 4.90 Å². The van der Waals surface area contributed by atoms with Crippen molar-refractivity contribution in [2.24, 2.45) is 0 Å². The number of β-lactam (4-membered cyclic amide) rings is 1. The molecule has 5 nitrogen and oxygen atoms in total. The fraction of sp³-hybridized carbons (Fsp3) is 0.737. The van der Waals surface area contributed by atoms with Gasteiger partial charge >= 0.3 is 5.91 Å². The van der Waals surface area contributed by atoms with E-state index in [-0.39, 0.29) is 11.9 Å². The zero-order valence-corrected chi connectivity index (χ0v) is 14.3. The first-order chi connectivity index (χ1) is 11.7. The molecule has 4 fully saturated rings. The Kier molecular flexibility index (Phi) is 4.19. The molecule has 2 aliphatic carbocycles. The van der Waals surface area contributed by atoms with Crippen LogP contribution in [0.2, 0.25) is 0 Å². The Balaban J connectivity index is 1.56. The van der Waals surface area contributed by atoms with Gasteiger partial charge in [0.15, 0.2) is 0 Å². The molecule has 2 heterocycles. The molecule has 0 N–H and O–H groups in total. The number of Topliss-reactive ketones (excluding diaryl/α,β-unsaturated/α-hetero) is 1. The average molecular weight is 330 g/mol.